The average molecular weight is 304 g/mol. The van der Waals surface area contributed by atoms with Crippen molar-refractivity contribution in [1.82, 2.24) is 20.2 Å². The number of hydrogen-bond donors (Lipinski definition) is 3. The van der Waals surface area contributed by atoms with Gasteiger partial charge in [0.15, 0.2) is 5.65 Å². The van der Waals surface area contributed by atoms with Gasteiger partial charge in [0.2, 0.25) is 5.28 Å². The van der Waals surface area contributed by atoms with E-state index in [0.717, 1.165) is 10.9 Å². The zero-order valence-corrected chi connectivity index (χ0v) is 11.9. The second-order valence-corrected chi connectivity index (χ2v) is 5.03. The summed E-state index contributed by atoms with van der Waals surface area (Å²) >= 11 is 5.90. The van der Waals surface area contributed by atoms with E-state index in [1.54, 1.807) is 6.20 Å². The molecule has 1 atom stereocenters. The minimum absolute atomic E-state index is 0.0180. The van der Waals surface area contributed by atoms with E-state index in [2.05, 4.69) is 25.5 Å². The number of nitrogens with one attached hydrogen (secondary N) is 2. The molecule has 6 nitrogen and oxygen atoms in total. The molecule has 2 heterocycles. The monoisotopic (exact) mass is 303 g/mol. The quantitative estimate of drug-likeness (QED) is 0.628. The minimum Gasteiger partial charge on any atom is -0.394 e. The van der Waals surface area contributed by atoms with Crippen molar-refractivity contribution in [2.45, 2.75) is 12.5 Å². The summed E-state index contributed by atoms with van der Waals surface area (Å²) in [7, 11) is 0. The van der Waals surface area contributed by atoms with Gasteiger partial charge in [-0.3, -0.25) is 5.10 Å². The summed E-state index contributed by atoms with van der Waals surface area (Å²) in [4.78, 5) is 8.22. The molecule has 108 valence electrons. The number of fused-ring (bicyclic) bond motifs is 1. The first-order valence-electron chi connectivity index (χ1n) is 6.54. The van der Waals surface area contributed by atoms with Crippen LogP contribution >= 0.6 is 11.6 Å². The lowest BCUT2D eigenvalue weighted by molar-refractivity contribution is 0.273. The number of H-pyrrole nitrogens is 1. The first-order valence-corrected chi connectivity index (χ1v) is 6.92. The van der Waals surface area contributed by atoms with Gasteiger partial charge in [0.25, 0.3) is 0 Å². The molecule has 0 aliphatic carbocycles. The van der Waals surface area contributed by atoms with E-state index in [-0.39, 0.29) is 17.9 Å². The number of aliphatic hydroxyl groups is 1. The van der Waals surface area contributed by atoms with Crippen molar-refractivity contribution in [3.8, 4) is 0 Å². The van der Waals surface area contributed by atoms with E-state index < -0.39 is 0 Å². The summed E-state index contributed by atoms with van der Waals surface area (Å²) in [6.45, 7) is -0.0180. The molecule has 1 unspecified atom stereocenters. The number of aromatic amines is 1. The van der Waals surface area contributed by atoms with Crippen LogP contribution in [0.2, 0.25) is 5.28 Å². The third-order valence-electron chi connectivity index (χ3n) is 3.17. The molecule has 0 spiro atoms. The molecular weight excluding hydrogens is 290 g/mol. The number of benzene rings is 1. The summed E-state index contributed by atoms with van der Waals surface area (Å²) in [6, 6.07) is 9.77. The van der Waals surface area contributed by atoms with Crippen LogP contribution in [0, 0.1) is 0 Å². The molecule has 21 heavy (non-hydrogen) atoms. The standard InChI is InChI=1S/C14H14ClN5O/c15-14-18-12(11-7-16-20-13(11)19-14)17-10(8-21)6-9-4-2-1-3-5-9/h1-5,7,10,21H,6,8H2,(H2,16,17,18,19,20). The molecule has 2 aromatic heterocycles. The lowest BCUT2D eigenvalue weighted by Crippen LogP contribution is -2.27. The van der Waals surface area contributed by atoms with E-state index in [4.69, 9.17) is 11.6 Å². The Bertz CT molecular complexity index is 731. The van der Waals surface area contributed by atoms with Gasteiger partial charge >= 0.3 is 0 Å². The van der Waals surface area contributed by atoms with Crippen LogP contribution in [0.5, 0.6) is 0 Å². The fourth-order valence-electron chi connectivity index (χ4n) is 2.17. The average Bonchev–Trinajstić information content (AvgIpc) is 2.96. The highest BCUT2D eigenvalue weighted by molar-refractivity contribution is 6.28. The highest BCUT2D eigenvalue weighted by atomic mass is 35.5. The fourth-order valence-corrected chi connectivity index (χ4v) is 2.34. The molecule has 0 aliphatic heterocycles. The van der Waals surface area contributed by atoms with Crippen LogP contribution in [-0.2, 0) is 6.42 Å². The van der Waals surface area contributed by atoms with Crippen molar-refractivity contribution in [3.63, 3.8) is 0 Å². The predicted molar refractivity (Wildman–Crippen MR) is 81.3 cm³/mol. The van der Waals surface area contributed by atoms with Gasteiger partial charge in [-0.2, -0.15) is 15.1 Å². The second-order valence-electron chi connectivity index (χ2n) is 4.69. The number of nitrogens with zero attached hydrogens (tertiary/aromatic N) is 3. The lowest BCUT2D eigenvalue weighted by atomic mass is 10.1. The first-order chi connectivity index (χ1) is 10.3. The van der Waals surface area contributed by atoms with Crippen LogP contribution in [0.3, 0.4) is 0 Å². The van der Waals surface area contributed by atoms with E-state index in [0.29, 0.717) is 17.9 Å². The summed E-state index contributed by atoms with van der Waals surface area (Å²) in [5.41, 5.74) is 1.70. The number of rotatable bonds is 5. The normalized spacial score (nSPS) is 12.5. The van der Waals surface area contributed by atoms with Gasteiger partial charge in [-0.25, -0.2) is 0 Å². The molecule has 0 radical (unpaired) electrons. The van der Waals surface area contributed by atoms with Gasteiger partial charge in [0.05, 0.1) is 24.2 Å². The topological polar surface area (TPSA) is 86.7 Å². The van der Waals surface area contributed by atoms with Gasteiger partial charge in [0.1, 0.15) is 5.82 Å². The Hall–Kier alpha value is -2.18. The zero-order chi connectivity index (χ0) is 14.7. The first kappa shape index (κ1) is 13.8. The molecule has 3 rings (SSSR count). The largest absolute Gasteiger partial charge is 0.394 e. The Balaban J connectivity index is 1.84. The Morgan fingerprint density at radius 2 is 2.05 bits per heavy atom. The van der Waals surface area contributed by atoms with Gasteiger partial charge in [-0.15, -0.1) is 0 Å². The SMILES string of the molecule is OCC(Cc1ccccc1)Nc1nc(Cl)nc2[nH]ncc12. The second kappa shape index (κ2) is 6.07. The van der Waals surface area contributed by atoms with Gasteiger partial charge < -0.3 is 10.4 Å². The molecule has 1 aromatic carbocycles. The summed E-state index contributed by atoms with van der Waals surface area (Å²) < 4.78 is 0. The highest BCUT2D eigenvalue weighted by Gasteiger charge is 2.14. The molecule has 7 heteroatoms. The maximum absolute atomic E-state index is 9.58. The van der Waals surface area contributed by atoms with Gasteiger partial charge in [-0.05, 0) is 23.6 Å². The van der Waals surface area contributed by atoms with Crippen LogP contribution in [0.1, 0.15) is 5.56 Å². The Morgan fingerprint density at radius 3 is 2.81 bits per heavy atom. The van der Waals surface area contributed by atoms with E-state index in [1.165, 1.54) is 0 Å². The van der Waals surface area contributed by atoms with Gasteiger partial charge in [-0.1, -0.05) is 30.3 Å². The van der Waals surface area contributed by atoms with Gasteiger partial charge in [0, 0.05) is 0 Å². The molecule has 0 bridgehead atoms. The van der Waals surface area contributed by atoms with Crippen molar-refractivity contribution < 1.29 is 5.11 Å². The van der Waals surface area contributed by atoms with Crippen LogP contribution in [0.15, 0.2) is 36.5 Å². The number of aliphatic hydroxyl groups excluding tert-OH is 1. The van der Waals surface area contributed by atoms with Crippen molar-refractivity contribution in [2.75, 3.05) is 11.9 Å². The molecule has 0 saturated carbocycles. The van der Waals surface area contributed by atoms with Crippen molar-refractivity contribution in [2.24, 2.45) is 0 Å². The highest BCUT2D eigenvalue weighted by Crippen LogP contribution is 2.21. The third-order valence-corrected chi connectivity index (χ3v) is 3.34. The Labute approximate surface area is 126 Å². The van der Waals surface area contributed by atoms with E-state index in [1.807, 2.05) is 30.3 Å². The lowest BCUT2D eigenvalue weighted by Gasteiger charge is -2.17. The Morgan fingerprint density at radius 1 is 1.24 bits per heavy atom. The Kier molecular flexibility index (Phi) is 3.98. The summed E-state index contributed by atoms with van der Waals surface area (Å²) in [6.07, 6.45) is 2.31. The summed E-state index contributed by atoms with van der Waals surface area (Å²) in [5.74, 6) is 0.564. The molecule has 0 aliphatic rings. The number of aromatic nitrogens is 4. The third kappa shape index (κ3) is 3.12. The molecule has 0 amide bonds. The summed E-state index contributed by atoms with van der Waals surface area (Å²) in [5, 5.41) is 20.3. The predicted octanol–water partition coefficient (Wildman–Crippen LogP) is 2.02. The van der Waals surface area contributed by atoms with E-state index in [9.17, 15) is 5.11 Å². The number of anilines is 1. The minimum atomic E-state index is -0.170. The number of halogens is 1. The zero-order valence-electron chi connectivity index (χ0n) is 11.1. The number of hydrogen-bond acceptors (Lipinski definition) is 5. The molecule has 3 aromatic rings. The van der Waals surface area contributed by atoms with Crippen LogP contribution < -0.4 is 5.32 Å². The van der Waals surface area contributed by atoms with Crippen molar-refractivity contribution in [1.29, 1.82) is 0 Å². The molecule has 0 saturated heterocycles. The maximum atomic E-state index is 9.58. The van der Waals surface area contributed by atoms with Crippen molar-refractivity contribution in [3.05, 3.63) is 47.4 Å². The molecular formula is C14H14ClN5O. The van der Waals surface area contributed by atoms with Crippen LogP contribution in [0.4, 0.5) is 5.82 Å². The molecule has 0 fully saturated rings. The van der Waals surface area contributed by atoms with Crippen LogP contribution in [0.25, 0.3) is 11.0 Å². The van der Waals surface area contributed by atoms with Crippen LogP contribution in [-0.4, -0.2) is 37.9 Å². The smallest absolute Gasteiger partial charge is 0.226 e. The maximum Gasteiger partial charge on any atom is 0.226 e. The molecule has 3 N–H and O–H groups in total. The fraction of sp³-hybridized carbons (Fsp3) is 0.214. The van der Waals surface area contributed by atoms with Crippen molar-refractivity contribution >= 4 is 28.5 Å². The van der Waals surface area contributed by atoms with E-state index >= 15 is 0 Å².